The normalized spacial score (nSPS) is 28.1. The minimum absolute atomic E-state index is 0.154. The Kier molecular flexibility index (Phi) is 4.76. The summed E-state index contributed by atoms with van der Waals surface area (Å²) in [4.78, 5) is 10.3. The second-order valence-corrected chi connectivity index (χ2v) is 6.20. The van der Waals surface area contributed by atoms with Crippen molar-refractivity contribution in [2.24, 2.45) is 11.8 Å². The van der Waals surface area contributed by atoms with E-state index in [2.05, 4.69) is 26.1 Å². The lowest BCUT2D eigenvalue weighted by atomic mass is 9.79. The van der Waals surface area contributed by atoms with E-state index in [0.29, 0.717) is 6.04 Å². The van der Waals surface area contributed by atoms with Gasteiger partial charge in [-0.3, -0.25) is 10.1 Å². The Morgan fingerprint density at radius 2 is 1.85 bits per heavy atom. The summed E-state index contributed by atoms with van der Waals surface area (Å²) in [7, 11) is 0. The predicted molar refractivity (Wildman–Crippen MR) is 80.6 cm³/mol. The van der Waals surface area contributed by atoms with Crippen LogP contribution in [0, 0.1) is 22.0 Å². The number of nitrogens with one attached hydrogen (secondary N) is 1. The molecule has 110 valence electrons. The third-order valence-electron chi connectivity index (χ3n) is 4.69. The van der Waals surface area contributed by atoms with Crippen LogP contribution in [0.4, 0.5) is 5.69 Å². The molecule has 0 spiro atoms. The summed E-state index contributed by atoms with van der Waals surface area (Å²) in [5.41, 5.74) is 1.27. The molecule has 4 nitrogen and oxygen atoms in total. The van der Waals surface area contributed by atoms with Crippen molar-refractivity contribution in [1.29, 1.82) is 0 Å². The van der Waals surface area contributed by atoms with Crippen molar-refractivity contribution in [2.45, 2.75) is 52.1 Å². The van der Waals surface area contributed by atoms with Gasteiger partial charge >= 0.3 is 0 Å². The Labute approximate surface area is 120 Å². The molecule has 0 radical (unpaired) electrons. The van der Waals surface area contributed by atoms with Crippen LogP contribution in [0.25, 0.3) is 0 Å². The van der Waals surface area contributed by atoms with Gasteiger partial charge in [-0.25, -0.2) is 0 Å². The van der Waals surface area contributed by atoms with Gasteiger partial charge in [-0.2, -0.15) is 0 Å². The standard InChI is InChI=1S/C16H24N2O2/c1-11-4-7-15(10-12(11)2)17-13(3)14-5-8-16(9-6-14)18(19)20/h5-6,8-9,11-13,15,17H,4,7,10H2,1-3H3. The van der Waals surface area contributed by atoms with Crippen molar-refractivity contribution < 1.29 is 4.92 Å². The zero-order valence-electron chi connectivity index (χ0n) is 12.5. The van der Waals surface area contributed by atoms with Gasteiger partial charge in [0.15, 0.2) is 0 Å². The van der Waals surface area contributed by atoms with E-state index in [1.54, 1.807) is 12.1 Å². The van der Waals surface area contributed by atoms with Crippen molar-refractivity contribution in [3.05, 3.63) is 39.9 Å². The minimum Gasteiger partial charge on any atom is -0.307 e. The molecule has 0 amide bonds. The molecule has 0 heterocycles. The van der Waals surface area contributed by atoms with Gasteiger partial charge in [0.25, 0.3) is 5.69 Å². The molecule has 1 aliphatic rings. The SMILES string of the molecule is CC(NC1CCC(C)C(C)C1)c1ccc([N+](=O)[O-])cc1. The molecule has 0 saturated heterocycles. The zero-order valence-corrected chi connectivity index (χ0v) is 12.5. The summed E-state index contributed by atoms with van der Waals surface area (Å²) in [5, 5.41) is 14.3. The average Bonchev–Trinajstić information content (AvgIpc) is 2.43. The average molecular weight is 276 g/mol. The molecule has 0 aliphatic heterocycles. The number of nitro groups is 1. The maximum atomic E-state index is 10.7. The van der Waals surface area contributed by atoms with Crippen molar-refractivity contribution in [1.82, 2.24) is 5.32 Å². The molecular formula is C16H24N2O2. The molecule has 1 saturated carbocycles. The monoisotopic (exact) mass is 276 g/mol. The van der Waals surface area contributed by atoms with E-state index in [1.165, 1.54) is 19.3 Å². The van der Waals surface area contributed by atoms with Crippen molar-refractivity contribution in [3.8, 4) is 0 Å². The molecule has 20 heavy (non-hydrogen) atoms. The van der Waals surface area contributed by atoms with Gasteiger partial charge in [-0.05, 0) is 43.6 Å². The lowest BCUT2D eigenvalue weighted by Crippen LogP contribution is -2.37. The highest BCUT2D eigenvalue weighted by Crippen LogP contribution is 2.30. The van der Waals surface area contributed by atoms with Crippen molar-refractivity contribution >= 4 is 5.69 Å². The first-order valence-electron chi connectivity index (χ1n) is 7.47. The summed E-state index contributed by atoms with van der Waals surface area (Å²) in [6.45, 7) is 6.79. The summed E-state index contributed by atoms with van der Waals surface area (Å²) in [6.07, 6.45) is 3.73. The Hall–Kier alpha value is -1.42. The quantitative estimate of drug-likeness (QED) is 0.666. The third kappa shape index (κ3) is 3.57. The zero-order chi connectivity index (χ0) is 14.7. The van der Waals surface area contributed by atoms with E-state index in [1.807, 2.05) is 12.1 Å². The highest BCUT2D eigenvalue weighted by molar-refractivity contribution is 5.34. The lowest BCUT2D eigenvalue weighted by Gasteiger charge is -2.34. The molecule has 4 heteroatoms. The van der Waals surface area contributed by atoms with Crippen LogP contribution in [0.1, 0.15) is 51.6 Å². The molecule has 1 fully saturated rings. The second kappa shape index (κ2) is 6.35. The molecule has 0 aromatic heterocycles. The van der Waals surface area contributed by atoms with E-state index in [9.17, 15) is 10.1 Å². The molecule has 4 atom stereocenters. The Bertz CT molecular complexity index is 458. The van der Waals surface area contributed by atoms with Gasteiger partial charge in [0.2, 0.25) is 0 Å². The number of nitrogens with zero attached hydrogens (tertiary/aromatic N) is 1. The maximum absolute atomic E-state index is 10.7. The Morgan fingerprint density at radius 3 is 2.40 bits per heavy atom. The van der Waals surface area contributed by atoms with Gasteiger partial charge in [0, 0.05) is 24.2 Å². The van der Waals surface area contributed by atoms with E-state index >= 15 is 0 Å². The van der Waals surface area contributed by atoms with Gasteiger partial charge in [-0.1, -0.05) is 26.0 Å². The molecule has 1 aromatic carbocycles. The first kappa shape index (κ1) is 15.0. The minimum atomic E-state index is -0.355. The van der Waals surface area contributed by atoms with Gasteiger partial charge in [-0.15, -0.1) is 0 Å². The summed E-state index contributed by atoms with van der Waals surface area (Å²) < 4.78 is 0. The molecule has 2 rings (SSSR count). The third-order valence-corrected chi connectivity index (χ3v) is 4.69. The van der Waals surface area contributed by atoms with Crippen molar-refractivity contribution in [3.63, 3.8) is 0 Å². The Morgan fingerprint density at radius 1 is 1.20 bits per heavy atom. The van der Waals surface area contributed by atoms with Crippen LogP contribution >= 0.6 is 0 Å². The molecule has 1 aliphatic carbocycles. The number of benzene rings is 1. The maximum Gasteiger partial charge on any atom is 0.269 e. The first-order chi connectivity index (χ1) is 9.47. The van der Waals surface area contributed by atoms with Crippen LogP contribution in [-0.2, 0) is 0 Å². The Balaban J connectivity index is 1.94. The first-order valence-corrected chi connectivity index (χ1v) is 7.47. The van der Waals surface area contributed by atoms with Crippen LogP contribution in [0.15, 0.2) is 24.3 Å². The summed E-state index contributed by atoms with van der Waals surface area (Å²) >= 11 is 0. The molecular weight excluding hydrogens is 252 g/mol. The second-order valence-electron chi connectivity index (χ2n) is 6.20. The summed E-state index contributed by atoms with van der Waals surface area (Å²) in [6, 6.07) is 7.67. The van der Waals surface area contributed by atoms with E-state index in [0.717, 1.165) is 17.4 Å². The van der Waals surface area contributed by atoms with Crippen LogP contribution < -0.4 is 5.32 Å². The highest BCUT2D eigenvalue weighted by Gasteiger charge is 2.25. The molecule has 1 N–H and O–H groups in total. The van der Waals surface area contributed by atoms with E-state index < -0.39 is 0 Å². The van der Waals surface area contributed by atoms with E-state index in [4.69, 9.17) is 0 Å². The van der Waals surface area contributed by atoms with Crippen LogP contribution in [0.2, 0.25) is 0 Å². The number of non-ortho nitro benzene ring substituents is 1. The van der Waals surface area contributed by atoms with E-state index in [-0.39, 0.29) is 16.7 Å². The largest absolute Gasteiger partial charge is 0.307 e. The topological polar surface area (TPSA) is 55.2 Å². The highest BCUT2D eigenvalue weighted by atomic mass is 16.6. The fourth-order valence-electron chi connectivity index (χ4n) is 3.03. The van der Waals surface area contributed by atoms with Gasteiger partial charge < -0.3 is 5.32 Å². The fraction of sp³-hybridized carbons (Fsp3) is 0.625. The van der Waals surface area contributed by atoms with Crippen molar-refractivity contribution in [2.75, 3.05) is 0 Å². The number of hydrogen-bond acceptors (Lipinski definition) is 3. The fourth-order valence-corrected chi connectivity index (χ4v) is 3.03. The number of hydrogen-bond donors (Lipinski definition) is 1. The smallest absolute Gasteiger partial charge is 0.269 e. The van der Waals surface area contributed by atoms with Gasteiger partial charge in [0.1, 0.15) is 0 Å². The summed E-state index contributed by atoms with van der Waals surface area (Å²) in [5.74, 6) is 1.59. The number of nitro benzene ring substituents is 1. The van der Waals surface area contributed by atoms with Crippen LogP contribution in [0.3, 0.4) is 0 Å². The van der Waals surface area contributed by atoms with Gasteiger partial charge in [0.05, 0.1) is 4.92 Å². The predicted octanol–water partition coefficient (Wildman–Crippen LogP) is 4.07. The molecule has 4 unspecified atom stereocenters. The number of rotatable bonds is 4. The molecule has 1 aromatic rings. The van der Waals surface area contributed by atoms with Crippen LogP contribution in [-0.4, -0.2) is 11.0 Å². The van der Waals surface area contributed by atoms with Crippen LogP contribution in [0.5, 0.6) is 0 Å². The lowest BCUT2D eigenvalue weighted by molar-refractivity contribution is -0.384. The molecule has 0 bridgehead atoms.